The third-order valence-corrected chi connectivity index (χ3v) is 9.25. The Labute approximate surface area is 323 Å². The zero-order valence-corrected chi connectivity index (χ0v) is 32.4. The van der Waals surface area contributed by atoms with Crippen molar-refractivity contribution in [3.05, 3.63) is 66.2 Å². The summed E-state index contributed by atoms with van der Waals surface area (Å²) >= 11 is 0. The van der Waals surface area contributed by atoms with Gasteiger partial charge in [-0.25, -0.2) is 9.59 Å². The van der Waals surface area contributed by atoms with Gasteiger partial charge in [0.25, 0.3) is 0 Å². The number of ether oxygens (including phenoxy) is 1. The van der Waals surface area contributed by atoms with Crippen LogP contribution in [0.3, 0.4) is 0 Å². The first-order valence-electron chi connectivity index (χ1n) is 19.0. The van der Waals surface area contributed by atoms with Crippen molar-refractivity contribution in [3.63, 3.8) is 0 Å². The number of rotatable bonds is 11. The van der Waals surface area contributed by atoms with Crippen molar-refractivity contribution in [1.82, 2.24) is 25.3 Å². The standard InChI is InChI=1S/C24H38N4O6.C9H11N3O2.C7H8/c1-16(2)25-22(31)18-8-4-5-12-28(18)23(32)19-9-7-13-27(19)21(30)14-17(3)34-24(33)20-10-6-11-26(20)15-29;10-8(13)6-11-9(14)12-7-4-2-1-3-5-7;1-7-5-3-2-4-6-7/h15-20H,4-14H2,1-3H3,(H,25,31);1-5H,6H2,(H2,10,13)(H2,11,12,14);2-6H,1H3. The molecule has 3 saturated heterocycles. The maximum Gasteiger partial charge on any atom is 0.329 e. The van der Waals surface area contributed by atoms with Gasteiger partial charge in [-0.3, -0.25) is 24.0 Å². The fraction of sp³-hybridized carbons (Fsp3) is 0.525. The summed E-state index contributed by atoms with van der Waals surface area (Å²) in [7, 11) is 0. The topological polar surface area (TPSA) is 201 Å². The van der Waals surface area contributed by atoms with Gasteiger partial charge in [0.1, 0.15) is 24.2 Å². The van der Waals surface area contributed by atoms with Crippen molar-refractivity contribution in [3.8, 4) is 0 Å². The van der Waals surface area contributed by atoms with Crippen LogP contribution < -0.4 is 21.7 Å². The molecule has 15 heteroatoms. The SMILES string of the molecule is CC(C)NC(=O)C1CCCCN1C(=O)C1CCCN1C(=O)CC(C)OC(=O)C1CCCN1C=O.Cc1ccccc1.NC(=O)CNC(=O)Nc1ccccc1. The average molecular weight is 764 g/mol. The molecule has 0 saturated carbocycles. The van der Waals surface area contributed by atoms with E-state index < -0.39 is 42.1 Å². The first-order valence-corrected chi connectivity index (χ1v) is 19.0. The highest BCUT2D eigenvalue weighted by molar-refractivity contribution is 5.93. The number of esters is 1. The second-order valence-electron chi connectivity index (χ2n) is 14.2. The van der Waals surface area contributed by atoms with Crippen molar-refractivity contribution in [2.24, 2.45) is 5.73 Å². The average Bonchev–Trinajstić information content (AvgIpc) is 3.86. The van der Waals surface area contributed by atoms with E-state index in [2.05, 4.69) is 35.0 Å². The molecule has 7 amide bonds. The lowest BCUT2D eigenvalue weighted by molar-refractivity contribution is -0.158. The number of nitrogens with two attached hydrogens (primary N) is 1. The third kappa shape index (κ3) is 14.7. The number of aryl methyl sites for hydroxylation is 1. The lowest BCUT2D eigenvalue weighted by Gasteiger charge is -2.38. The highest BCUT2D eigenvalue weighted by atomic mass is 16.5. The normalized spacial score (nSPS) is 19.4. The molecule has 2 aromatic carbocycles. The summed E-state index contributed by atoms with van der Waals surface area (Å²) in [6.07, 6.45) is 4.89. The number of likely N-dealkylation sites (tertiary alicyclic amines) is 3. The molecule has 3 aliphatic rings. The van der Waals surface area contributed by atoms with Crippen LogP contribution in [0.5, 0.6) is 0 Å². The zero-order chi connectivity index (χ0) is 40.3. The molecule has 5 N–H and O–H groups in total. The number of hydrogen-bond donors (Lipinski definition) is 4. The number of piperidine rings is 1. The summed E-state index contributed by atoms with van der Waals surface area (Å²) in [4.78, 5) is 88.8. The lowest BCUT2D eigenvalue weighted by Crippen LogP contribution is -2.57. The van der Waals surface area contributed by atoms with Crippen LogP contribution in [0.4, 0.5) is 10.5 Å². The molecule has 3 fully saturated rings. The Bertz CT molecular complexity index is 1580. The number of nitrogens with zero attached hydrogens (tertiary/aromatic N) is 3. The van der Waals surface area contributed by atoms with E-state index in [9.17, 15) is 33.6 Å². The Kier molecular flexibility index (Phi) is 18.1. The van der Waals surface area contributed by atoms with E-state index in [-0.39, 0.29) is 36.7 Å². The van der Waals surface area contributed by atoms with Crippen LogP contribution in [0, 0.1) is 6.92 Å². The van der Waals surface area contributed by atoms with Gasteiger partial charge in [-0.1, -0.05) is 54.1 Å². The first kappa shape index (κ1) is 43.9. The van der Waals surface area contributed by atoms with Gasteiger partial charge in [-0.15, -0.1) is 0 Å². The number of hydrogen-bond acceptors (Lipinski definition) is 8. The number of nitrogens with one attached hydrogen (secondary N) is 3. The predicted octanol–water partition coefficient (Wildman–Crippen LogP) is 3.11. The molecule has 2 aromatic rings. The van der Waals surface area contributed by atoms with E-state index in [1.54, 1.807) is 41.0 Å². The van der Waals surface area contributed by atoms with Gasteiger partial charge in [0.2, 0.25) is 30.0 Å². The maximum atomic E-state index is 13.5. The number of carbonyl (C=O) groups excluding carboxylic acids is 7. The number of amides is 7. The molecule has 300 valence electrons. The summed E-state index contributed by atoms with van der Waals surface area (Å²) in [5.41, 5.74) is 6.84. The zero-order valence-electron chi connectivity index (χ0n) is 32.4. The molecule has 0 aromatic heterocycles. The maximum absolute atomic E-state index is 13.5. The Balaban J connectivity index is 0.000000314. The second kappa shape index (κ2) is 22.7. The molecular weight excluding hydrogens is 706 g/mol. The van der Waals surface area contributed by atoms with E-state index in [1.807, 2.05) is 38.1 Å². The predicted molar refractivity (Wildman–Crippen MR) is 207 cm³/mol. The molecule has 0 radical (unpaired) electrons. The fourth-order valence-electron chi connectivity index (χ4n) is 6.61. The number of para-hydroxylation sites is 1. The molecule has 0 spiro atoms. The number of benzene rings is 2. The van der Waals surface area contributed by atoms with Crippen molar-refractivity contribution in [2.75, 3.05) is 31.5 Å². The molecule has 3 heterocycles. The van der Waals surface area contributed by atoms with E-state index in [1.165, 1.54) is 10.5 Å². The highest BCUT2D eigenvalue weighted by Gasteiger charge is 2.41. The minimum absolute atomic E-state index is 0.0111. The molecular formula is C40H57N7O8. The van der Waals surface area contributed by atoms with Crippen LogP contribution >= 0.6 is 0 Å². The summed E-state index contributed by atoms with van der Waals surface area (Å²) in [6.45, 7) is 8.85. The van der Waals surface area contributed by atoms with Crippen LogP contribution in [0.15, 0.2) is 60.7 Å². The number of urea groups is 1. The molecule has 5 rings (SSSR count). The second-order valence-corrected chi connectivity index (χ2v) is 14.2. The molecule has 4 atom stereocenters. The van der Waals surface area contributed by atoms with Gasteiger partial charge < -0.3 is 41.1 Å². The first-order chi connectivity index (χ1) is 26.3. The van der Waals surface area contributed by atoms with Crippen LogP contribution in [0.2, 0.25) is 0 Å². The molecule has 0 bridgehead atoms. The summed E-state index contributed by atoms with van der Waals surface area (Å²) in [5, 5.41) is 7.75. The van der Waals surface area contributed by atoms with Crippen LogP contribution in [0.1, 0.15) is 77.7 Å². The Morgan fingerprint density at radius 3 is 2.00 bits per heavy atom. The molecule has 55 heavy (non-hydrogen) atoms. The van der Waals surface area contributed by atoms with Gasteiger partial charge in [-0.05, 0) is 84.8 Å². The van der Waals surface area contributed by atoms with Crippen LogP contribution in [-0.2, 0) is 33.5 Å². The molecule has 15 nitrogen and oxygen atoms in total. The van der Waals surface area contributed by atoms with Gasteiger partial charge in [-0.2, -0.15) is 0 Å². The minimum Gasteiger partial charge on any atom is -0.461 e. The molecule has 0 aliphatic carbocycles. The van der Waals surface area contributed by atoms with Crippen molar-refractivity contribution >= 4 is 47.7 Å². The highest BCUT2D eigenvalue weighted by Crippen LogP contribution is 2.26. The molecule has 3 aliphatic heterocycles. The van der Waals surface area contributed by atoms with Crippen molar-refractivity contribution in [2.45, 2.75) is 109 Å². The number of anilines is 1. The summed E-state index contributed by atoms with van der Waals surface area (Å²) in [6, 6.07) is 17.0. The van der Waals surface area contributed by atoms with Gasteiger partial charge in [0.15, 0.2) is 0 Å². The molecule has 4 unspecified atom stereocenters. The Morgan fingerprint density at radius 2 is 1.40 bits per heavy atom. The lowest BCUT2D eigenvalue weighted by atomic mass is 9.99. The smallest absolute Gasteiger partial charge is 0.329 e. The van der Waals surface area contributed by atoms with Crippen LogP contribution in [-0.4, -0.2) is 113 Å². The Morgan fingerprint density at radius 1 is 0.800 bits per heavy atom. The minimum atomic E-state index is -0.662. The number of primary amides is 1. The summed E-state index contributed by atoms with van der Waals surface area (Å²) in [5.74, 6) is -1.63. The van der Waals surface area contributed by atoms with E-state index in [0.717, 1.165) is 19.3 Å². The fourth-order valence-corrected chi connectivity index (χ4v) is 6.61. The Hall–Kier alpha value is -5.47. The van der Waals surface area contributed by atoms with Gasteiger partial charge in [0.05, 0.1) is 13.0 Å². The van der Waals surface area contributed by atoms with Crippen molar-refractivity contribution < 1.29 is 38.3 Å². The van der Waals surface area contributed by atoms with Crippen molar-refractivity contribution in [1.29, 1.82) is 0 Å². The van der Waals surface area contributed by atoms with Crippen LogP contribution in [0.25, 0.3) is 0 Å². The monoisotopic (exact) mass is 763 g/mol. The largest absolute Gasteiger partial charge is 0.461 e. The van der Waals surface area contributed by atoms with E-state index in [0.29, 0.717) is 57.4 Å². The van der Waals surface area contributed by atoms with E-state index >= 15 is 0 Å². The van der Waals surface area contributed by atoms with Gasteiger partial charge >= 0.3 is 12.0 Å². The third-order valence-electron chi connectivity index (χ3n) is 9.25. The van der Waals surface area contributed by atoms with Gasteiger partial charge in [0, 0.05) is 31.4 Å². The number of carbonyl (C=O) groups is 7. The quantitative estimate of drug-likeness (QED) is 0.198. The van der Waals surface area contributed by atoms with E-state index in [4.69, 9.17) is 10.5 Å². The summed E-state index contributed by atoms with van der Waals surface area (Å²) < 4.78 is 5.46.